The highest BCUT2D eigenvalue weighted by Crippen LogP contribution is 2.49. The van der Waals surface area contributed by atoms with Crippen LogP contribution in [0.3, 0.4) is 0 Å². The molecule has 0 atom stereocenters. The molecule has 14 rings (SSSR count). The minimum Gasteiger partial charge on any atom is -0.375 e. The number of hydrogen-bond donors (Lipinski definition) is 0. The summed E-state index contributed by atoms with van der Waals surface area (Å²) in [6, 6.07) is 63.3. The summed E-state index contributed by atoms with van der Waals surface area (Å²) in [5, 5.41) is 7.72. The predicted molar refractivity (Wildman–Crippen MR) is 297 cm³/mol. The first kappa shape index (κ1) is 40.2. The third kappa shape index (κ3) is 5.45. The summed E-state index contributed by atoms with van der Waals surface area (Å²) in [5.41, 5.74) is 32.5. The molecule has 0 N–H and O–H groups in total. The molecule has 2 aromatic heterocycles. The van der Waals surface area contributed by atoms with E-state index >= 15 is 0 Å². The predicted octanol–water partition coefficient (Wildman–Crippen LogP) is 16.1. The molecule has 0 unspecified atom stereocenters. The Morgan fingerprint density at radius 1 is 0.333 bits per heavy atom. The highest BCUT2D eigenvalue weighted by atomic mass is 15.0. The second-order valence-corrected chi connectivity index (χ2v) is 20.4. The Labute approximate surface area is 404 Å². The summed E-state index contributed by atoms with van der Waals surface area (Å²) in [7, 11) is 0. The van der Waals surface area contributed by atoms with Crippen LogP contribution in [-0.2, 0) is 0 Å². The van der Waals surface area contributed by atoms with Crippen LogP contribution in [0.5, 0.6) is 0 Å². The van der Waals surface area contributed by atoms with E-state index in [0.717, 1.165) is 0 Å². The molecule has 328 valence electrons. The lowest BCUT2D eigenvalue weighted by Crippen LogP contribution is -2.55. The summed E-state index contributed by atoms with van der Waals surface area (Å²) in [6.07, 6.45) is 0. The lowest BCUT2D eigenvalue weighted by molar-refractivity contribution is 1.18. The zero-order chi connectivity index (χ0) is 46.7. The van der Waals surface area contributed by atoms with E-state index in [1.807, 2.05) is 0 Å². The standard InChI is InChI=1S/C66H51BN2/c1-36-15-11-16-37(2)59(36)45-26-28-57-51(29-45)54-31-46(60-38(3)17-12-18-39(60)4)32-55-52-30-48(62-42(7)21-14-22-43(62)8)35-58-63(52)67(69(57)65(54)55)56-34-47(61-40(5)19-13-20-41(61)6)33-53-50-27-25-44-23-9-10-24-49(44)64(50)68(58)66(53)56/h9-35H,1-8H3. The molecule has 2 aliphatic rings. The first-order valence-corrected chi connectivity index (χ1v) is 24.6. The first-order valence-electron chi connectivity index (χ1n) is 24.6. The maximum Gasteiger partial charge on any atom is 0.333 e. The Kier molecular flexibility index (Phi) is 8.35. The van der Waals surface area contributed by atoms with E-state index in [0.29, 0.717) is 0 Å². The van der Waals surface area contributed by atoms with Gasteiger partial charge >= 0.3 is 6.85 Å². The van der Waals surface area contributed by atoms with Crippen LogP contribution in [0.2, 0.25) is 0 Å². The Bertz CT molecular complexity index is 4210. The summed E-state index contributed by atoms with van der Waals surface area (Å²) in [6.45, 7) is 18.1. The number of fused-ring (bicyclic) bond motifs is 12. The van der Waals surface area contributed by atoms with E-state index in [1.54, 1.807) is 0 Å². The SMILES string of the molecule is Cc1cccc(C)c1-c1cc2c3c(c1)-n1c4c(cc(-c5c(C)cccc5C)cc4c4ccc5ccccc5c41)B3n1c3ccc(-c4c(C)cccc4C)cc3c3cc(-c4c(C)cccc4C)cc-2c31. The third-order valence-corrected chi connectivity index (χ3v) is 16.3. The molecule has 2 aliphatic heterocycles. The molecule has 0 aliphatic carbocycles. The maximum absolute atomic E-state index is 2.76. The normalized spacial score (nSPS) is 12.6. The molecule has 0 fully saturated rings. The minimum atomic E-state index is -0.0959. The second-order valence-electron chi connectivity index (χ2n) is 20.4. The lowest BCUT2D eigenvalue weighted by Gasteiger charge is -2.35. The van der Waals surface area contributed by atoms with Crippen LogP contribution in [-0.4, -0.2) is 15.9 Å². The molecule has 2 nitrogen and oxygen atoms in total. The Balaban J connectivity index is 1.23. The van der Waals surface area contributed by atoms with Crippen molar-refractivity contribution in [3.63, 3.8) is 0 Å². The van der Waals surface area contributed by atoms with E-state index in [-0.39, 0.29) is 6.85 Å². The molecule has 4 heterocycles. The number of hydrogen-bond acceptors (Lipinski definition) is 0. The second kappa shape index (κ2) is 14.3. The van der Waals surface area contributed by atoms with Crippen molar-refractivity contribution in [1.29, 1.82) is 0 Å². The number of aromatic nitrogens is 2. The van der Waals surface area contributed by atoms with Gasteiger partial charge < -0.3 is 9.05 Å². The average Bonchev–Trinajstić information content (AvgIpc) is 3.85. The zero-order valence-electron chi connectivity index (χ0n) is 40.6. The number of rotatable bonds is 4. The van der Waals surface area contributed by atoms with Crippen LogP contribution in [0.1, 0.15) is 44.5 Å². The molecule has 0 saturated heterocycles. The zero-order valence-corrected chi connectivity index (χ0v) is 40.6. The largest absolute Gasteiger partial charge is 0.375 e. The Morgan fingerprint density at radius 3 is 1.42 bits per heavy atom. The average molecular weight is 883 g/mol. The smallest absolute Gasteiger partial charge is 0.333 e. The van der Waals surface area contributed by atoms with Gasteiger partial charge in [-0.1, -0.05) is 121 Å². The van der Waals surface area contributed by atoms with Gasteiger partial charge in [-0.05, 0) is 209 Å². The molecular weight excluding hydrogens is 832 g/mol. The highest BCUT2D eigenvalue weighted by Gasteiger charge is 2.43. The summed E-state index contributed by atoms with van der Waals surface area (Å²) in [5.74, 6) is 0. The fourth-order valence-corrected chi connectivity index (χ4v) is 13.5. The van der Waals surface area contributed by atoms with E-state index in [2.05, 4.69) is 228 Å². The van der Waals surface area contributed by atoms with Crippen molar-refractivity contribution in [2.45, 2.75) is 55.4 Å². The number of nitrogens with zero attached hydrogens (tertiary/aromatic N) is 2. The van der Waals surface area contributed by atoms with Gasteiger partial charge in [-0.2, -0.15) is 0 Å². The van der Waals surface area contributed by atoms with E-state index in [4.69, 9.17) is 0 Å². The van der Waals surface area contributed by atoms with Gasteiger partial charge in [-0.15, -0.1) is 0 Å². The van der Waals surface area contributed by atoms with Gasteiger partial charge in [-0.3, -0.25) is 0 Å². The van der Waals surface area contributed by atoms with Crippen molar-refractivity contribution in [1.82, 2.24) is 9.05 Å². The van der Waals surface area contributed by atoms with Gasteiger partial charge in [0.2, 0.25) is 0 Å². The first-order chi connectivity index (χ1) is 33.5. The van der Waals surface area contributed by atoms with Gasteiger partial charge in [-0.25, -0.2) is 0 Å². The van der Waals surface area contributed by atoms with Crippen LogP contribution >= 0.6 is 0 Å². The van der Waals surface area contributed by atoms with Crippen LogP contribution < -0.4 is 10.9 Å². The lowest BCUT2D eigenvalue weighted by atomic mass is 9.45. The van der Waals surface area contributed by atoms with Crippen molar-refractivity contribution in [3.05, 3.63) is 208 Å². The summed E-state index contributed by atoms with van der Waals surface area (Å²) >= 11 is 0. The molecular formula is C66H51BN2. The monoisotopic (exact) mass is 882 g/mol. The van der Waals surface area contributed by atoms with Gasteiger partial charge in [0, 0.05) is 49.2 Å². The topological polar surface area (TPSA) is 9.86 Å². The van der Waals surface area contributed by atoms with Crippen molar-refractivity contribution in [2.24, 2.45) is 0 Å². The molecule has 3 heteroatoms. The van der Waals surface area contributed by atoms with Gasteiger partial charge in [0.1, 0.15) is 0 Å². The quantitative estimate of drug-likeness (QED) is 0.156. The Hall–Kier alpha value is -7.88. The molecule has 0 bridgehead atoms. The summed E-state index contributed by atoms with van der Waals surface area (Å²) in [4.78, 5) is 0. The van der Waals surface area contributed by atoms with Crippen molar-refractivity contribution >= 4 is 72.2 Å². The summed E-state index contributed by atoms with van der Waals surface area (Å²) < 4.78 is 5.45. The molecule has 0 saturated carbocycles. The molecule has 12 aromatic rings. The van der Waals surface area contributed by atoms with Crippen LogP contribution in [0.15, 0.2) is 164 Å². The molecule has 0 spiro atoms. The van der Waals surface area contributed by atoms with Crippen LogP contribution in [0, 0.1) is 55.4 Å². The van der Waals surface area contributed by atoms with Crippen molar-refractivity contribution in [2.75, 3.05) is 0 Å². The fraction of sp³-hybridized carbons (Fsp3) is 0.121. The number of aryl methyl sites for hydroxylation is 8. The van der Waals surface area contributed by atoms with Gasteiger partial charge in [0.25, 0.3) is 0 Å². The fourth-order valence-electron chi connectivity index (χ4n) is 13.5. The molecule has 10 aromatic carbocycles. The van der Waals surface area contributed by atoms with E-state index < -0.39 is 0 Å². The maximum atomic E-state index is 2.76. The minimum absolute atomic E-state index is 0.0959. The van der Waals surface area contributed by atoms with Gasteiger partial charge in [0.15, 0.2) is 0 Å². The number of benzene rings is 10. The molecule has 0 radical (unpaired) electrons. The third-order valence-electron chi connectivity index (χ3n) is 16.3. The van der Waals surface area contributed by atoms with Crippen LogP contribution in [0.25, 0.3) is 116 Å². The van der Waals surface area contributed by atoms with Crippen LogP contribution in [0.4, 0.5) is 0 Å². The van der Waals surface area contributed by atoms with Crippen molar-refractivity contribution < 1.29 is 0 Å². The highest BCUT2D eigenvalue weighted by molar-refractivity contribution is 6.90. The van der Waals surface area contributed by atoms with E-state index in [1.165, 1.54) is 171 Å². The van der Waals surface area contributed by atoms with Crippen molar-refractivity contribution in [3.8, 4) is 61.3 Å². The Morgan fingerprint density at radius 2 is 0.826 bits per heavy atom. The molecule has 69 heavy (non-hydrogen) atoms. The van der Waals surface area contributed by atoms with E-state index in [9.17, 15) is 0 Å². The van der Waals surface area contributed by atoms with Gasteiger partial charge in [0.05, 0.1) is 11.0 Å². The molecule has 0 amide bonds.